The molecule has 0 radical (unpaired) electrons. The van der Waals surface area contributed by atoms with E-state index in [1.807, 2.05) is 76.2 Å². The third kappa shape index (κ3) is 13.5. The summed E-state index contributed by atoms with van der Waals surface area (Å²) in [5, 5.41) is 16.5. The van der Waals surface area contributed by atoms with Crippen molar-refractivity contribution in [1.82, 2.24) is 21.3 Å². The Morgan fingerprint density at radius 3 is 0.630 bits per heavy atom. The molecule has 20 heteroatoms. The summed E-state index contributed by atoms with van der Waals surface area (Å²) >= 11 is 0. The van der Waals surface area contributed by atoms with Crippen LogP contribution in [-0.2, 0) is 40.5 Å². The van der Waals surface area contributed by atoms with Crippen LogP contribution in [0, 0.1) is 27.7 Å². The lowest BCUT2D eigenvalue weighted by Gasteiger charge is -2.38. The second-order valence-electron chi connectivity index (χ2n) is 24.9. The maximum Gasteiger partial charge on any atom is 0.339 e. The summed E-state index contributed by atoms with van der Waals surface area (Å²) in [5.41, 5.74) is 7.51. The van der Waals surface area contributed by atoms with Crippen molar-refractivity contribution in [2.24, 2.45) is 0 Å². The highest BCUT2D eigenvalue weighted by Crippen LogP contribution is 2.45. The van der Waals surface area contributed by atoms with Crippen molar-refractivity contribution in [3.05, 3.63) is 263 Å². The SMILES string of the molecule is Cc1ccc(S(=O)(=O)Oc2ccc(C3C4C=CC(N4)C(c4ccc(OS(=O)(=O)c5ccc(C)cc5)cc4)C4CCC(N4)C(c4ccc(OS(=O)(=O)c5ccc(C)cc5)cc4)C4C=CC(N4)C(c4ccc(OS(=O)(=O)c5ccc(C)cc5)cc4)C4CCC3N4)cc2)cc1. The number of fused-ring (bicyclic) bond motifs is 8. The van der Waals surface area contributed by atoms with Crippen molar-refractivity contribution in [2.45, 2.75) is 145 Å². The van der Waals surface area contributed by atoms with Gasteiger partial charge in [0.2, 0.25) is 0 Å². The number of benzene rings is 8. The first-order chi connectivity index (χ1) is 44.1. The van der Waals surface area contributed by atoms with Gasteiger partial charge in [0.1, 0.15) is 42.6 Å². The van der Waals surface area contributed by atoms with Gasteiger partial charge < -0.3 is 38.0 Å². The zero-order valence-electron chi connectivity index (χ0n) is 51.1. The van der Waals surface area contributed by atoms with E-state index in [0.29, 0.717) is 0 Å². The van der Waals surface area contributed by atoms with Crippen molar-refractivity contribution in [1.29, 1.82) is 0 Å². The molecule has 13 rings (SSSR count). The Kier molecular flexibility index (Phi) is 17.4. The molecule has 3 saturated heterocycles. The predicted molar refractivity (Wildman–Crippen MR) is 352 cm³/mol. The molecule has 16 nitrogen and oxygen atoms in total. The highest BCUT2D eigenvalue weighted by molar-refractivity contribution is 7.88. The molecule has 0 amide bonds. The molecule has 8 bridgehead atoms. The first-order valence-corrected chi connectivity index (χ1v) is 36.6. The highest BCUT2D eigenvalue weighted by atomic mass is 32.2. The average molecular weight is 1310 g/mol. The van der Waals surface area contributed by atoms with Gasteiger partial charge in [-0.2, -0.15) is 33.7 Å². The van der Waals surface area contributed by atoms with Gasteiger partial charge in [0, 0.05) is 72.0 Å². The Hall–Kier alpha value is -7.92. The van der Waals surface area contributed by atoms with Crippen LogP contribution in [0.1, 0.15) is 93.9 Å². The Labute approximate surface area is 539 Å². The van der Waals surface area contributed by atoms with E-state index in [0.717, 1.165) is 70.2 Å². The van der Waals surface area contributed by atoms with E-state index in [9.17, 15) is 33.7 Å². The normalized spacial score (nSPS) is 25.5. The van der Waals surface area contributed by atoms with Crippen molar-refractivity contribution < 1.29 is 50.4 Å². The van der Waals surface area contributed by atoms with Gasteiger partial charge >= 0.3 is 40.5 Å². The van der Waals surface area contributed by atoms with Gasteiger partial charge in [-0.3, -0.25) is 0 Å². The van der Waals surface area contributed by atoms with Gasteiger partial charge in [-0.15, -0.1) is 0 Å². The van der Waals surface area contributed by atoms with Gasteiger partial charge in [-0.1, -0.05) is 144 Å². The minimum Gasteiger partial charge on any atom is -0.379 e. The molecule has 12 atom stereocenters. The smallest absolute Gasteiger partial charge is 0.339 e. The zero-order valence-corrected chi connectivity index (χ0v) is 54.3. The van der Waals surface area contributed by atoms with Gasteiger partial charge in [0.15, 0.2) is 0 Å². The van der Waals surface area contributed by atoms with Gasteiger partial charge in [0.25, 0.3) is 0 Å². The largest absolute Gasteiger partial charge is 0.379 e. The molecule has 5 aliphatic heterocycles. The van der Waals surface area contributed by atoms with Crippen LogP contribution in [0.3, 0.4) is 0 Å². The molecule has 476 valence electrons. The predicted octanol–water partition coefficient (Wildman–Crippen LogP) is 11.5. The number of nitrogens with one attached hydrogen (secondary N) is 4. The maximum atomic E-state index is 13.6. The lowest BCUT2D eigenvalue weighted by molar-refractivity contribution is 0.316. The number of rotatable bonds is 16. The lowest BCUT2D eigenvalue weighted by Crippen LogP contribution is -2.52. The lowest BCUT2D eigenvalue weighted by atomic mass is 9.83. The van der Waals surface area contributed by atoms with Crippen LogP contribution >= 0.6 is 0 Å². The van der Waals surface area contributed by atoms with Crippen LogP contribution in [0.25, 0.3) is 0 Å². The molecule has 3 fully saturated rings. The minimum atomic E-state index is -4.14. The summed E-state index contributed by atoms with van der Waals surface area (Å²) in [6.07, 6.45) is 12.0. The fourth-order valence-corrected chi connectivity index (χ4v) is 17.8. The maximum absolute atomic E-state index is 13.6. The number of aryl methyl sites for hydroxylation is 4. The molecular formula is C72H72N4O12S4. The molecular weight excluding hydrogens is 1240 g/mol. The first kappa shape index (κ1) is 62.9. The molecule has 8 aromatic rings. The number of hydrogen-bond acceptors (Lipinski definition) is 16. The molecule has 92 heavy (non-hydrogen) atoms. The van der Waals surface area contributed by atoms with Crippen LogP contribution in [0.15, 0.2) is 238 Å². The topological polar surface area (TPSA) is 222 Å². The molecule has 0 saturated carbocycles. The molecule has 0 spiro atoms. The molecule has 12 unspecified atom stereocenters. The van der Waals surface area contributed by atoms with E-state index < -0.39 is 40.5 Å². The summed E-state index contributed by atoms with van der Waals surface area (Å²) in [7, 11) is -16.6. The average Bonchev–Trinajstić information content (AvgIpc) is 1.63. The molecule has 0 aromatic heterocycles. The van der Waals surface area contributed by atoms with Crippen LogP contribution in [-0.4, -0.2) is 82.0 Å². The van der Waals surface area contributed by atoms with E-state index in [2.05, 4.69) is 45.6 Å². The third-order valence-electron chi connectivity index (χ3n) is 18.7. The molecule has 5 aliphatic rings. The quantitative estimate of drug-likeness (QED) is 0.0522. The van der Waals surface area contributed by atoms with E-state index in [4.69, 9.17) is 16.7 Å². The van der Waals surface area contributed by atoms with Crippen LogP contribution in [0.2, 0.25) is 0 Å². The van der Waals surface area contributed by atoms with Crippen molar-refractivity contribution in [3.63, 3.8) is 0 Å². The standard InChI is InChI=1S/C72H72N4O12S4/c1-45-5-29-57(30-6-45)89(77,78)85-53-21-13-49(14-22-53)69-61-37-39-63(73-61)70(50-15-23-54(24-16-50)86-90(79,80)58-31-7-46(2)8-32-58)65-41-43-67(75-65)72(52-19-27-56(28-20-52)88-92(83,84)60-35-11-48(4)12-36-60)68-44-42-66(76-68)71(64-40-38-62(69)74-64)51-17-25-55(26-18-51)87-91(81,82)59-33-9-47(3)10-34-59/h5-37,39,42,44,61-76H,38,40-41,43H2,1-4H3. The summed E-state index contributed by atoms with van der Waals surface area (Å²) in [5.74, 6) is -0.0885. The Balaban J connectivity index is 0.867. The monoisotopic (exact) mass is 1310 g/mol. The summed E-state index contributed by atoms with van der Waals surface area (Å²) in [6.45, 7) is 7.55. The van der Waals surface area contributed by atoms with Crippen LogP contribution in [0.4, 0.5) is 0 Å². The molecule has 0 aliphatic carbocycles. The van der Waals surface area contributed by atoms with Crippen molar-refractivity contribution in [2.75, 3.05) is 0 Å². The van der Waals surface area contributed by atoms with Crippen molar-refractivity contribution in [3.8, 4) is 23.0 Å². The summed E-state index contributed by atoms with van der Waals surface area (Å²) in [4.78, 5) is 0.205. The molecule has 4 N–H and O–H groups in total. The van der Waals surface area contributed by atoms with Crippen LogP contribution in [0.5, 0.6) is 23.0 Å². The molecule has 5 heterocycles. The fraction of sp³-hybridized carbons (Fsp3) is 0.278. The van der Waals surface area contributed by atoms with Crippen molar-refractivity contribution >= 4 is 40.5 Å². The fourth-order valence-electron chi connectivity index (χ4n) is 14.0. The summed E-state index contributed by atoms with van der Waals surface area (Å²) < 4.78 is 131. The minimum absolute atomic E-state index is 0.0511. The molecule has 8 aromatic carbocycles. The van der Waals surface area contributed by atoms with Gasteiger partial charge in [-0.25, -0.2) is 0 Å². The highest BCUT2D eigenvalue weighted by Gasteiger charge is 2.47. The summed E-state index contributed by atoms with van der Waals surface area (Å²) in [6, 6.07) is 53.9. The Bertz CT molecular complexity index is 3920. The second kappa shape index (κ2) is 25.5. The third-order valence-corrected chi connectivity index (χ3v) is 23.7. The van der Waals surface area contributed by atoms with Gasteiger partial charge in [0.05, 0.1) is 0 Å². The Morgan fingerprint density at radius 2 is 0.446 bits per heavy atom. The van der Waals surface area contributed by atoms with Crippen LogP contribution < -0.4 is 38.0 Å². The van der Waals surface area contributed by atoms with E-state index in [-0.39, 0.29) is 115 Å². The first-order valence-electron chi connectivity index (χ1n) is 31.0. The second-order valence-corrected chi connectivity index (χ2v) is 31.1. The van der Waals surface area contributed by atoms with E-state index in [1.54, 1.807) is 97.1 Å². The number of hydrogen-bond donors (Lipinski definition) is 4. The Morgan fingerprint density at radius 1 is 0.261 bits per heavy atom. The van der Waals surface area contributed by atoms with Gasteiger partial charge in [-0.05, 0) is 173 Å². The van der Waals surface area contributed by atoms with E-state index in [1.165, 1.54) is 48.5 Å². The zero-order chi connectivity index (χ0) is 64.1. The van der Waals surface area contributed by atoms with E-state index >= 15 is 0 Å².